The summed E-state index contributed by atoms with van der Waals surface area (Å²) < 4.78 is 30.7. The molecule has 130 valence electrons. The fraction of sp³-hybridized carbons (Fsp3) is 0.500. The highest BCUT2D eigenvalue weighted by atomic mass is 32.2. The van der Waals surface area contributed by atoms with Gasteiger partial charge in [-0.2, -0.15) is 4.98 Å². The first-order valence-electron chi connectivity index (χ1n) is 7.64. The molecule has 0 atom stereocenters. The zero-order valence-corrected chi connectivity index (χ0v) is 14.5. The molecule has 0 spiro atoms. The molecular weight excluding hydrogens is 332 g/mol. The van der Waals surface area contributed by atoms with Gasteiger partial charge in [0.25, 0.3) is 0 Å². The van der Waals surface area contributed by atoms with Crippen LogP contribution in [0.3, 0.4) is 0 Å². The molecule has 1 aliphatic rings. The molecule has 0 radical (unpaired) electrons. The molecule has 3 heterocycles. The maximum Gasteiger partial charge on any atom is 0.241 e. The van der Waals surface area contributed by atoms with Gasteiger partial charge in [-0.25, -0.2) is 18.1 Å². The summed E-state index contributed by atoms with van der Waals surface area (Å²) in [4.78, 5) is 13.0. The van der Waals surface area contributed by atoms with Crippen LogP contribution in [0.5, 0.6) is 0 Å². The Kier molecular flexibility index (Phi) is 4.78. The minimum absolute atomic E-state index is 0.167. The van der Waals surface area contributed by atoms with Crippen LogP contribution in [0.1, 0.15) is 11.7 Å². The molecular formula is C14H20N6O3S. The molecule has 0 unspecified atom stereocenters. The molecule has 10 heteroatoms. The lowest BCUT2D eigenvalue weighted by Crippen LogP contribution is -2.46. The van der Waals surface area contributed by atoms with Crippen LogP contribution in [0.15, 0.2) is 27.7 Å². The van der Waals surface area contributed by atoms with Crippen molar-refractivity contribution in [3.8, 4) is 0 Å². The third-order valence-corrected chi connectivity index (χ3v) is 5.33. The molecule has 0 aliphatic carbocycles. The van der Waals surface area contributed by atoms with Gasteiger partial charge < -0.3 is 9.42 Å². The van der Waals surface area contributed by atoms with E-state index in [1.165, 1.54) is 13.2 Å². The van der Waals surface area contributed by atoms with Gasteiger partial charge in [0.05, 0.1) is 6.54 Å². The first-order chi connectivity index (χ1) is 11.5. The van der Waals surface area contributed by atoms with Crippen LogP contribution < -0.4 is 9.62 Å². The standard InChI is InChI=1S/C14H20N6O3S/c1-11-17-13(18-23-11)10-19-5-7-20(8-6-19)14-4-3-12(9-16-14)24(21,22)15-2/h3-4,9,15H,5-8,10H2,1-2H3. The van der Waals surface area contributed by atoms with E-state index in [1.54, 1.807) is 19.1 Å². The molecule has 9 nitrogen and oxygen atoms in total. The van der Waals surface area contributed by atoms with Crippen molar-refractivity contribution in [2.24, 2.45) is 0 Å². The summed E-state index contributed by atoms with van der Waals surface area (Å²) in [6, 6.07) is 3.31. The topological polar surface area (TPSA) is 104 Å². The second-order valence-electron chi connectivity index (χ2n) is 5.55. The van der Waals surface area contributed by atoms with E-state index in [4.69, 9.17) is 4.52 Å². The molecule has 1 saturated heterocycles. The molecule has 2 aromatic heterocycles. The maximum atomic E-state index is 11.7. The first-order valence-corrected chi connectivity index (χ1v) is 9.12. The van der Waals surface area contributed by atoms with Gasteiger partial charge in [0, 0.05) is 39.3 Å². The van der Waals surface area contributed by atoms with E-state index < -0.39 is 10.0 Å². The van der Waals surface area contributed by atoms with Gasteiger partial charge in [0.2, 0.25) is 15.9 Å². The van der Waals surface area contributed by atoms with E-state index in [9.17, 15) is 8.42 Å². The SMILES string of the molecule is CNS(=O)(=O)c1ccc(N2CCN(Cc3noc(C)n3)CC2)nc1. The monoisotopic (exact) mass is 352 g/mol. The lowest BCUT2D eigenvalue weighted by Gasteiger charge is -2.34. The van der Waals surface area contributed by atoms with Gasteiger partial charge in [0.1, 0.15) is 10.7 Å². The summed E-state index contributed by atoms with van der Waals surface area (Å²) in [6.07, 6.45) is 1.38. The van der Waals surface area contributed by atoms with Gasteiger partial charge >= 0.3 is 0 Å². The number of anilines is 1. The fourth-order valence-electron chi connectivity index (χ4n) is 2.58. The Hall–Kier alpha value is -2.04. The van der Waals surface area contributed by atoms with Crippen molar-refractivity contribution in [1.29, 1.82) is 0 Å². The zero-order valence-electron chi connectivity index (χ0n) is 13.6. The van der Waals surface area contributed by atoms with Gasteiger partial charge in [-0.3, -0.25) is 4.90 Å². The van der Waals surface area contributed by atoms with Crippen molar-refractivity contribution in [2.45, 2.75) is 18.4 Å². The number of rotatable bonds is 5. The number of pyridine rings is 1. The van der Waals surface area contributed by atoms with E-state index >= 15 is 0 Å². The third-order valence-electron chi connectivity index (χ3n) is 3.93. The molecule has 1 fully saturated rings. The van der Waals surface area contributed by atoms with Gasteiger partial charge in [0.15, 0.2) is 5.82 Å². The van der Waals surface area contributed by atoms with E-state index in [1.807, 2.05) is 0 Å². The quantitative estimate of drug-likeness (QED) is 0.802. The Labute approximate surface area is 140 Å². The van der Waals surface area contributed by atoms with Crippen LogP contribution in [0, 0.1) is 6.92 Å². The zero-order chi connectivity index (χ0) is 17.2. The number of hydrogen-bond acceptors (Lipinski definition) is 8. The molecule has 0 bridgehead atoms. The van der Waals surface area contributed by atoms with Crippen molar-refractivity contribution in [3.05, 3.63) is 30.0 Å². The van der Waals surface area contributed by atoms with Crippen LogP contribution >= 0.6 is 0 Å². The summed E-state index contributed by atoms with van der Waals surface area (Å²) in [6.45, 7) is 5.76. The molecule has 2 aromatic rings. The van der Waals surface area contributed by atoms with Crippen LogP contribution in [0.4, 0.5) is 5.82 Å². The second kappa shape index (κ2) is 6.83. The second-order valence-corrected chi connectivity index (χ2v) is 7.44. The highest BCUT2D eigenvalue weighted by Gasteiger charge is 2.20. The van der Waals surface area contributed by atoms with E-state index in [2.05, 4.69) is 29.6 Å². The van der Waals surface area contributed by atoms with Crippen molar-refractivity contribution in [2.75, 3.05) is 38.1 Å². The summed E-state index contributed by atoms with van der Waals surface area (Å²) >= 11 is 0. The number of nitrogens with one attached hydrogen (secondary N) is 1. The predicted molar refractivity (Wildman–Crippen MR) is 87.0 cm³/mol. The normalized spacial score (nSPS) is 16.5. The number of sulfonamides is 1. The Bertz CT molecular complexity index is 781. The largest absolute Gasteiger partial charge is 0.354 e. The Morgan fingerprint density at radius 1 is 1.25 bits per heavy atom. The Morgan fingerprint density at radius 3 is 2.54 bits per heavy atom. The molecule has 0 saturated carbocycles. The number of piperazine rings is 1. The van der Waals surface area contributed by atoms with Crippen LogP contribution in [-0.4, -0.2) is 61.7 Å². The maximum absolute atomic E-state index is 11.7. The summed E-state index contributed by atoms with van der Waals surface area (Å²) in [5, 5.41) is 3.91. The third kappa shape index (κ3) is 3.71. The minimum atomic E-state index is -3.45. The summed E-state index contributed by atoms with van der Waals surface area (Å²) in [5.74, 6) is 2.05. The smallest absolute Gasteiger partial charge is 0.241 e. The lowest BCUT2D eigenvalue weighted by molar-refractivity contribution is 0.239. The van der Waals surface area contributed by atoms with Crippen molar-refractivity contribution in [3.63, 3.8) is 0 Å². The molecule has 0 amide bonds. The summed E-state index contributed by atoms with van der Waals surface area (Å²) in [5.41, 5.74) is 0. The van der Waals surface area contributed by atoms with Crippen LogP contribution in [-0.2, 0) is 16.6 Å². The van der Waals surface area contributed by atoms with Gasteiger partial charge in [-0.15, -0.1) is 0 Å². The lowest BCUT2D eigenvalue weighted by atomic mass is 10.3. The molecule has 24 heavy (non-hydrogen) atoms. The number of nitrogens with zero attached hydrogens (tertiary/aromatic N) is 5. The molecule has 3 rings (SSSR count). The highest BCUT2D eigenvalue weighted by molar-refractivity contribution is 7.89. The van der Waals surface area contributed by atoms with Gasteiger partial charge in [-0.1, -0.05) is 5.16 Å². The average molecular weight is 352 g/mol. The molecule has 0 aromatic carbocycles. The highest BCUT2D eigenvalue weighted by Crippen LogP contribution is 2.16. The van der Waals surface area contributed by atoms with Gasteiger partial charge in [-0.05, 0) is 19.2 Å². The summed E-state index contributed by atoms with van der Waals surface area (Å²) in [7, 11) is -2.07. The van der Waals surface area contributed by atoms with Crippen molar-refractivity contribution in [1.82, 2.24) is 24.7 Å². The minimum Gasteiger partial charge on any atom is -0.354 e. The average Bonchev–Trinajstić information content (AvgIpc) is 3.00. The fourth-order valence-corrected chi connectivity index (χ4v) is 3.25. The molecule has 1 aliphatic heterocycles. The Balaban J connectivity index is 1.58. The number of hydrogen-bond donors (Lipinski definition) is 1. The van der Waals surface area contributed by atoms with E-state index in [0.29, 0.717) is 18.3 Å². The Morgan fingerprint density at radius 2 is 2.00 bits per heavy atom. The van der Waals surface area contributed by atoms with Crippen molar-refractivity contribution < 1.29 is 12.9 Å². The van der Waals surface area contributed by atoms with E-state index in [-0.39, 0.29) is 4.90 Å². The van der Waals surface area contributed by atoms with Crippen LogP contribution in [0.25, 0.3) is 0 Å². The van der Waals surface area contributed by atoms with Crippen molar-refractivity contribution >= 4 is 15.8 Å². The molecule has 1 N–H and O–H groups in total. The predicted octanol–water partition coefficient (Wildman–Crippen LogP) is 0.00332. The first kappa shape index (κ1) is 16.8. The van der Waals surface area contributed by atoms with E-state index in [0.717, 1.165) is 32.0 Å². The number of aromatic nitrogens is 3. The van der Waals surface area contributed by atoms with Crippen LogP contribution in [0.2, 0.25) is 0 Å². The number of aryl methyl sites for hydroxylation is 1.